The number of benzene rings is 6. The summed E-state index contributed by atoms with van der Waals surface area (Å²) in [6.07, 6.45) is -22.9. The van der Waals surface area contributed by atoms with E-state index in [-0.39, 0.29) is 63.9 Å². The maximum atomic E-state index is 14.7. The number of halogens is 20. The van der Waals surface area contributed by atoms with Crippen molar-refractivity contribution in [2.24, 2.45) is 0 Å². The molecule has 0 atom stereocenters. The minimum Gasteiger partial charge on any atom is -0.423 e. The van der Waals surface area contributed by atoms with Gasteiger partial charge in [0.2, 0.25) is 0 Å². The average molecular weight is 993 g/mol. The zero-order valence-electron chi connectivity index (χ0n) is 33.9. The summed E-state index contributed by atoms with van der Waals surface area (Å²) in [7, 11) is 0. The Morgan fingerprint density at radius 3 is 1.31 bits per heavy atom. The molecule has 0 aromatic heterocycles. The van der Waals surface area contributed by atoms with Crippen LogP contribution >= 0.6 is 0 Å². The molecule has 2 nitrogen and oxygen atoms in total. The summed E-state index contributed by atoms with van der Waals surface area (Å²) in [5.41, 5.74) is -1.61. The predicted octanol–water partition coefficient (Wildman–Crippen LogP) is 16.0. The van der Waals surface area contributed by atoms with E-state index >= 15 is 0 Å². The third-order valence-electron chi connectivity index (χ3n) is 9.57. The Morgan fingerprint density at radius 1 is 0.353 bits per heavy atom. The van der Waals surface area contributed by atoms with Gasteiger partial charge in [-0.15, -0.1) is 0 Å². The Kier molecular flexibility index (Phi) is 16.1. The smallest absolute Gasteiger partial charge is 0.423 e. The van der Waals surface area contributed by atoms with Crippen LogP contribution in [0.5, 0.6) is 11.5 Å². The molecule has 0 aliphatic carbocycles. The van der Waals surface area contributed by atoms with E-state index in [9.17, 15) is 87.8 Å². The minimum atomic E-state index is -6.29. The van der Waals surface area contributed by atoms with Crippen molar-refractivity contribution in [1.29, 1.82) is 0 Å². The van der Waals surface area contributed by atoms with E-state index in [0.717, 1.165) is 24.3 Å². The highest BCUT2D eigenvalue weighted by atomic mass is 19.4. The molecule has 0 bridgehead atoms. The maximum absolute atomic E-state index is 14.7. The average Bonchev–Trinajstić information content (AvgIpc) is 3.22. The molecule has 6 aromatic carbocycles. The molecule has 22 heteroatoms. The summed E-state index contributed by atoms with van der Waals surface area (Å²) < 4.78 is 272. The Balaban J connectivity index is 0.000000256. The summed E-state index contributed by atoms with van der Waals surface area (Å²) in [6, 6.07) is 15.0. The quantitative estimate of drug-likeness (QED) is 0.0800. The minimum absolute atomic E-state index is 0.0935. The van der Waals surface area contributed by atoms with Crippen molar-refractivity contribution in [3.05, 3.63) is 155 Å². The van der Waals surface area contributed by atoms with Gasteiger partial charge in [-0.25, -0.2) is 35.1 Å². The second-order valence-electron chi connectivity index (χ2n) is 14.4. The Labute approximate surface area is 371 Å². The molecule has 0 saturated carbocycles. The van der Waals surface area contributed by atoms with Crippen LogP contribution in [0.3, 0.4) is 0 Å². The number of hydrogen-bond acceptors (Lipinski definition) is 2. The van der Waals surface area contributed by atoms with Crippen molar-refractivity contribution in [1.82, 2.24) is 0 Å². The number of alkyl halides is 12. The molecule has 0 unspecified atom stereocenters. The van der Waals surface area contributed by atoms with Gasteiger partial charge >= 0.3 is 24.6 Å². The van der Waals surface area contributed by atoms with Gasteiger partial charge in [-0.3, -0.25) is 8.78 Å². The first kappa shape index (κ1) is 52.5. The molecule has 0 aliphatic heterocycles. The number of hydrogen-bond donors (Lipinski definition) is 0. The molecule has 0 radical (unpaired) electrons. The molecule has 0 saturated heterocycles. The molecule has 0 N–H and O–H groups in total. The highest BCUT2D eigenvalue weighted by Gasteiger charge is 2.62. The van der Waals surface area contributed by atoms with E-state index in [0.29, 0.717) is 42.7 Å². The molecule has 0 fully saturated rings. The van der Waals surface area contributed by atoms with Crippen LogP contribution in [0.2, 0.25) is 0 Å². The number of ether oxygens (including phenoxy) is 2. The summed E-state index contributed by atoms with van der Waals surface area (Å²) >= 11 is 0. The van der Waals surface area contributed by atoms with E-state index < -0.39 is 107 Å². The number of rotatable bonds is 14. The largest absolute Gasteiger partial charge is 0.499 e. The lowest BCUT2D eigenvalue weighted by Gasteiger charge is -2.21. The molecule has 0 amide bonds. The summed E-state index contributed by atoms with van der Waals surface area (Å²) in [5, 5.41) is 0. The fourth-order valence-electron chi connectivity index (χ4n) is 6.31. The summed E-state index contributed by atoms with van der Waals surface area (Å²) in [6.45, 7) is -1.31. The molecule has 6 rings (SSSR count). The van der Waals surface area contributed by atoms with Crippen LogP contribution in [0.15, 0.2) is 97.1 Å². The van der Waals surface area contributed by atoms with Crippen molar-refractivity contribution in [2.45, 2.75) is 50.3 Å². The monoisotopic (exact) mass is 992 g/mol. The molecule has 68 heavy (non-hydrogen) atoms. The predicted molar refractivity (Wildman–Crippen MR) is 206 cm³/mol. The molecule has 0 spiro atoms. The lowest BCUT2D eigenvalue weighted by molar-refractivity contribution is -0.361. The van der Waals surface area contributed by atoms with Gasteiger partial charge in [-0.2, -0.15) is 43.9 Å². The third kappa shape index (κ3) is 12.2. The van der Waals surface area contributed by atoms with Crippen LogP contribution in [0.1, 0.15) is 24.0 Å². The van der Waals surface area contributed by atoms with Gasteiger partial charge < -0.3 is 9.47 Å². The van der Waals surface area contributed by atoms with Gasteiger partial charge in [-0.1, -0.05) is 42.5 Å². The number of aryl methyl sites for hydroxylation is 2. The van der Waals surface area contributed by atoms with Gasteiger partial charge in [0, 0.05) is 12.0 Å². The van der Waals surface area contributed by atoms with Gasteiger partial charge in [0.1, 0.15) is 29.1 Å². The molecule has 0 heterocycles. The van der Waals surface area contributed by atoms with Crippen molar-refractivity contribution in [3.8, 4) is 56.0 Å². The zero-order chi connectivity index (χ0) is 50.5. The second kappa shape index (κ2) is 20.8. The zero-order valence-corrected chi connectivity index (χ0v) is 33.9. The highest BCUT2D eigenvalue weighted by Crippen LogP contribution is 2.42. The van der Waals surface area contributed by atoms with Crippen LogP contribution in [-0.2, 0) is 12.8 Å². The Bertz CT molecular complexity index is 2660. The summed E-state index contributed by atoms with van der Waals surface area (Å²) in [5.74, 6) is -14.5. The van der Waals surface area contributed by atoms with Crippen LogP contribution in [0.4, 0.5) is 87.8 Å². The molecule has 364 valence electrons. The van der Waals surface area contributed by atoms with Crippen LogP contribution in [0, 0.1) is 46.5 Å². The van der Waals surface area contributed by atoms with Crippen molar-refractivity contribution in [3.63, 3.8) is 0 Å². The van der Waals surface area contributed by atoms with Gasteiger partial charge in [0.25, 0.3) is 0 Å². The first-order chi connectivity index (χ1) is 31.7. The standard InChI is InChI=1S/C24H15F11O.C22H13F9O/c25-6-2-1-3-12-4-5-15(16(26)7-12)13-8-17(27)21(18(28)9-13)14-10-19(29)22(20(30)11-14)36-24(34,35)23(31,32)33;23-8-7-12-9-17(25)20(18(26)10-12)14-3-1-13(2-4-14)15-5-6-19(16(24)11-15)32-22(30,31)21(27,28)29/h4-5,7-11H,1-3,6H2;1-6,9-11H,7-8H2. The Morgan fingerprint density at radius 2 is 0.809 bits per heavy atom. The molecule has 6 aromatic rings. The first-order valence-corrected chi connectivity index (χ1v) is 19.2. The summed E-state index contributed by atoms with van der Waals surface area (Å²) in [4.78, 5) is 0. The molecular weight excluding hydrogens is 964 g/mol. The third-order valence-corrected chi connectivity index (χ3v) is 9.57. The van der Waals surface area contributed by atoms with E-state index in [1.165, 1.54) is 36.4 Å². The van der Waals surface area contributed by atoms with Crippen LogP contribution in [-0.4, -0.2) is 37.9 Å². The lowest BCUT2D eigenvalue weighted by Crippen LogP contribution is -2.42. The van der Waals surface area contributed by atoms with Crippen molar-refractivity contribution < 1.29 is 97.3 Å². The van der Waals surface area contributed by atoms with Gasteiger partial charge in [0.05, 0.1) is 24.5 Å². The van der Waals surface area contributed by atoms with Crippen LogP contribution in [0.25, 0.3) is 44.5 Å². The van der Waals surface area contributed by atoms with Crippen molar-refractivity contribution in [2.75, 3.05) is 13.3 Å². The molecule has 0 aliphatic rings. The topological polar surface area (TPSA) is 18.5 Å². The van der Waals surface area contributed by atoms with E-state index in [2.05, 4.69) is 9.47 Å². The fraction of sp³-hybridized carbons (Fsp3) is 0.217. The van der Waals surface area contributed by atoms with E-state index in [4.69, 9.17) is 0 Å². The van der Waals surface area contributed by atoms with Crippen molar-refractivity contribution >= 4 is 0 Å². The lowest BCUT2D eigenvalue weighted by atomic mass is 9.97. The number of unbranched alkanes of at least 4 members (excludes halogenated alkanes) is 1. The van der Waals surface area contributed by atoms with Gasteiger partial charge in [0.15, 0.2) is 29.0 Å². The van der Waals surface area contributed by atoms with E-state index in [1.807, 2.05) is 0 Å². The maximum Gasteiger partial charge on any atom is 0.499 e. The fourth-order valence-corrected chi connectivity index (χ4v) is 6.31. The SMILES string of the molecule is FCCCCc1ccc(-c2cc(F)c(-c3cc(F)c(OC(F)(F)C(F)(F)F)c(F)c3)c(F)c2)c(F)c1.FCCc1cc(F)c(-c2ccc(-c3ccc(OC(F)(F)C(F)(F)F)c(F)c3)cc2)c(F)c1. The van der Waals surface area contributed by atoms with Crippen LogP contribution < -0.4 is 9.47 Å². The van der Waals surface area contributed by atoms with Gasteiger partial charge in [-0.05, 0) is 113 Å². The normalized spacial score (nSPS) is 12.2. The highest BCUT2D eigenvalue weighted by molar-refractivity contribution is 5.74. The molecular formula is C46H28F20O2. The first-order valence-electron chi connectivity index (χ1n) is 19.2. The Hall–Kier alpha value is -6.48. The second-order valence-corrected chi connectivity index (χ2v) is 14.4. The van der Waals surface area contributed by atoms with E-state index in [1.54, 1.807) is 0 Å².